The number of carbonyl (C=O) groups excluding carboxylic acids is 3. The zero-order chi connectivity index (χ0) is 23.3. The number of likely N-dealkylation sites (tertiary alicyclic amines) is 1. The van der Waals surface area contributed by atoms with E-state index in [4.69, 9.17) is 14.3 Å². The molecule has 1 aliphatic heterocycles. The van der Waals surface area contributed by atoms with Crippen LogP contribution in [0.2, 0.25) is 0 Å². The van der Waals surface area contributed by atoms with Crippen LogP contribution in [0.4, 0.5) is 0 Å². The maximum Gasteiger partial charge on any atom is 0.328 e. The number of ether oxygens (including phenoxy) is 2. The van der Waals surface area contributed by atoms with Gasteiger partial charge in [0, 0.05) is 28.1 Å². The first kappa shape index (κ1) is 23.3. The lowest BCUT2D eigenvalue weighted by Crippen LogP contribution is -2.46. The van der Waals surface area contributed by atoms with E-state index in [1.807, 2.05) is 30.3 Å². The highest BCUT2D eigenvalue weighted by Gasteiger charge is 2.42. The third-order valence-corrected chi connectivity index (χ3v) is 6.80. The second kappa shape index (κ2) is 9.82. The summed E-state index contributed by atoms with van der Waals surface area (Å²) in [6.07, 6.45) is 1.38. The molecule has 9 nitrogen and oxygen atoms in total. The van der Waals surface area contributed by atoms with Gasteiger partial charge in [-0.05, 0) is 42.8 Å². The highest BCUT2D eigenvalue weighted by atomic mass is 32.2. The highest BCUT2D eigenvalue weighted by Crippen LogP contribution is 2.24. The number of amides is 2. The molecule has 1 heterocycles. The Bertz CT molecular complexity index is 1090. The molecular weight excluding hydrogens is 434 g/mol. The second-order valence-electron chi connectivity index (χ2n) is 7.47. The standard InChI is InChI=1S/C22H25N3O6S/c1-30-22(28)19-12-18(32(2,23)29)14-25(19)20(26)13-24-21(27)15-8-10-17(11-9-15)31-16-6-4-3-5-7-16/h3-11,18-19,23H,12-14H2,1-2H3,(H,24,27)/t18-,19+,32+/m1/s1. The van der Waals surface area contributed by atoms with Crippen LogP contribution in [0, 0.1) is 4.78 Å². The first-order valence-corrected chi connectivity index (χ1v) is 11.9. The van der Waals surface area contributed by atoms with E-state index in [2.05, 4.69) is 5.32 Å². The van der Waals surface area contributed by atoms with E-state index in [9.17, 15) is 18.6 Å². The van der Waals surface area contributed by atoms with Crippen molar-refractivity contribution in [3.63, 3.8) is 0 Å². The maximum absolute atomic E-state index is 12.7. The molecule has 0 spiro atoms. The molecule has 2 amide bonds. The largest absolute Gasteiger partial charge is 0.467 e. The molecule has 1 aliphatic rings. The van der Waals surface area contributed by atoms with E-state index in [1.165, 1.54) is 18.3 Å². The fourth-order valence-corrected chi connectivity index (χ4v) is 4.41. The highest BCUT2D eigenvalue weighted by molar-refractivity contribution is 7.92. The zero-order valence-electron chi connectivity index (χ0n) is 17.8. The Kier molecular flexibility index (Phi) is 7.14. The van der Waals surface area contributed by atoms with Gasteiger partial charge in [0.2, 0.25) is 5.91 Å². The van der Waals surface area contributed by atoms with Crippen molar-refractivity contribution in [2.75, 3.05) is 26.5 Å². The number of nitrogens with zero attached hydrogens (tertiary/aromatic N) is 1. The minimum atomic E-state index is -2.95. The van der Waals surface area contributed by atoms with Crippen molar-refractivity contribution in [2.45, 2.75) is 17.7 Å². The van der Waals surface area contributed by atoms with Gasteiger partial charge in [0.1, 0.15) is 17.5 Å². The molecule has 32 heavy (non-hydrogen) atoms. The topological polar surface area (TPSA) is 126 Å². The van der Waals surface area contributed by atoms with Crippen LogP contribution in [-0.4, -0.2) is 64.6 Å². The number of hydrogen-bond donors (Lipinski definition) is 2. The average molecular weight is 460 g/mol. The summed E-state index contributed by atoms with van der Waals surface area (Å²) >= 11 is 0. The molecular formula is C22H25N3O6S. The summed E-state index contributed by atoms with van der Waals surface area (Å²) in [6.45, 7) is -0.344. The average Bonchev–Trinajstić information content (AvgIpc) is 3.24. The van der Waals surface area contributed by atoms with E-state index >= 15 is 0 Å². The summed E-state index contributed by atoms with van der Waals surface area (Å²) in [5.41, 5.74) is 0.338. The smallest absolute Gasteiger partial charge is 0.328 e. The SMILES string of the molecule is COC(=O)[C@@H]1C[C@@H]([S@@](C)(=N)=O)CN1C(=O)CNC(=O)c1ccc(Oc2ccccc2)cc1. The number of esters is 1. The Morgan fingerprint density at radius 2 is 1.72 bits per heavy atom. The van der Waals surface area contributed by atoms with Gasteiger partial charge in [-0.15, -0.1) is 0 Å². The predicted molar refractivity (Wildman–Crippen MR) is 118 cm³/mol. The zero-order valence-corrected chi connectivity index (χ0v) is 18.6. The molecule has 0 radical (unpaired) electrons. The van der Waals surface area contributed by atoms with Gasteiger partial charge >= 0.3 is 5.97 Å². The van der Waals surface area contributed by atoms with Crippen LogP contribution >= 0.6 is 0 Å². The van der Waals surface area contributed by atoms with E-state index in [0.29, 0.717) is 17.1 Å². The number of benzene rings is 2. The van der Waals surface area contributed by atoms with Crippen molar-refractivity contribution < 1.29 is 28.1 Å². The van der Waals surface area contributed by atoms with Crippen LogP contribution in [0.15, 0.2) is 54.6 Å². The molecule has 1 fully saturated rings. The van der Waals surface area contributed by atoms with Gasteiger partial charge in [0.05, 0.1) is 18.9 Å². The lowest BCUT2D eigenvalue weighted by molar-refractivity contribution is -0.150. The van der Waals surface area contributed by atoms with Gasteiger partial charge in [0.15, 0.2) is 0 Å². The van der Waals surface area contributed by atoms with E-state index < -0.39 is 38.8 Å². The number of para-hydroxylation sites is 1. The van der Waals surface area contributed by atoms with Crippen LogP contribution < -0.4 is 10.1 Å². The molecule has 2 aromatic carbocycles. The van der Waals surface area contributed by atoms with Crippen LogP contribution in [0.1, 0.15) is 16.8 Å². The molecule has 3 rings (SSSR count). The van der Waals surface area contributed by atoms with Crippen molar-refractivity contribution in [1.82, 2.24) is 10.2 Å². The van der Waals surface area contributed by atoms with Crippen molar-refractivity contribution >= 4 is 27.5 Å². The molecule has 1 saturated heterocycles. The Balaban J connectivity index is 1.59. The number of hydrogen-bond acceptors (Lipinski definition) is 7. The second-order valence-corrected chi connectivity index (χ2v) is 9.94. The lowest BCUT2D eigenvalue weighted by Gasteiger charge is -2.22. The Morgan fingerprint density at radius 1 is 1.09 bits per heavy atom. The molecule has 2 aromatic rings. The molecule has 0 saturated carbocycles. The third kappa shape index (κ3) is 5.64. The molecule has 10 heteroatoms. The van der Waals surface area contributed by atoms with Gasteiger partial charge in [0.25, 0.3) is 5.91 Å². The van der Waals surface area contributed by atoms with Gasteiger partial charge in [-0.25, -0.2) is 9.00 Å². The Labute approximate surface area is 186 Å². The van der Waals surface area contributed by atoms with Gasteiger partial charge in [-0.3, -0.25) is 14.4 Å². The predicted octanol–water partition coefficient (Wildman–Crippen LogP) is 2.03. The summed E-state index contributed by atoms with van der Waals surface area (Å²) < 4.78 is 30.3. The van der Waals surface area contributed by atoms with Crippen molar-refractivity contribution in [3.05, 3.63) is 60.2 Å². The van der Waals surface area contributed by atoms with Gasteiger partial charge in [-0.2, -0.15) is 0 Å². The van der Waals surface area contributed by atoms with Gasteiger partial charge in [-0.1, -0.05) is 18.2 Å². The molecule has 0 bridgehead atoms. The molecule has 0 aromatic heterocycles. The fourth-order valence-electron chi connectivity index (χ4n) is 3.42. The number of nitrogens with one attached hydrogen (secondary N) is 2. The van der Waals surface area contributed by atoms with E-state index in [1.54, 1.807) is 24.3 Å². The summed E-state index contributed by atoms with van der Waals surface area (Å²) in [4.78, 5) is 38.4. The van der Waals surface area contributed by atoms with Gasteiger partial charge < -0.3 is 19.7 Å². The minimum absolute atomic E-state index is 0.00117. The first-order valence-electron chi connectivity index (χ1n) is 9.90. The quantitative estimate of drug-likeness (QED) is 0.610. The summed E-state index contributed by atoms with van der Waals surface area (Å²) in [6, 6.07) is 14.7. The van der Waals surface area contributed by atoms with E-state index in [-0.39, 0.29) is 19.5 Å². The maximum atomic E-state index is 12.7. The molecule has 3 atom stereocenters. The molecule has 0 unspecified atom stereocenters. The Morgan fingerprint density at radius 3 is 2.31 bits per heavy atom. The van der Waals surface area contributed by atoms with E-state index in [0.717, 1.165) is 0 Å². The fraction of sp³-hybridized carbons (Fsp3) is 0.318. The Hall–Kier alpha value is -3.40. The molecule has 0 aliphatic carbocycles. The van der Waals surface area contributed by atoms with Crippen LogP contribution in [0.5, 0.6) is 11.5 Å². The number of methoxy groups -OCH3 is 1. The summed E-state index contributed by atoms with van der Waals surface area (Å²) in [5.74, 6) is -0.377. The first-order chi connectivity index (χ1) is 15.2. The third-order valence-electron chi connectivity index (χ3n) is 5.19. The number of rotatable bonds is 7. The molecule has 2 N–H and O–H groups in total. The number of carbonyl (C=O) groups is 3. The van der Waals surface area contributed by atoms with Crippen LogP contribution in [0.25, 0.3) is 0 Å². The normalized spacial score (nSPS) is 19.6. The van der Waals surface area contributed by atoms with Crippen LogP contribution in [0.3, 0.4) is 0 Å². The lowest BCUT2D eigenvalue weighted by atomic mass is 10.2. The van der Waals surface area contributed by atoms with Crippen molar-refractivity contribution in [1.29, 1.82) is 4.78 Å². The molecule has 170 valence electrons. The summed E-state index contributed by atoms with van der Waals surface area (Å²) in [5, 5.41) is 1.90. The minimum Gasteiger partial charge on any atom is -0.467 e. The van der Waals surface area contributed by atoms with Crippen molar-refractivity contribution in [3.8, 4) is 11.5 Å². The monoisotopic (exact) mass is 459 g/mol. The van der Waals surface area contributed by atoms with Crippen molar-refractivity contribution in [2.24, 2.45) is 0 Å². The summed E-state index contributed by atoms with van der Waals surface area (Å²) in [7, 11) is -1.74. The van der Waals surface area contributed by atoms with Crippen LogP contribution in [-0.2, 0) is 24.1 Å².